The molecule has 0 spiro atoms. The molecule has 1 saturated heterocycles. The second-order valence-electron chi connectivity index (χ2n) is 4.28. The van der Waals surface area contributed by atoms with E-state index in [1.54, 1.807) is 0 Å². The van der Waals surface area contributed by atoms with Crippen molar-refractivity contribution in [3.05, 3.63) is 0 Å². The molecule has 90 valence electrons. The largest absolute Gasteiger partial charge is 0.390 e. The summed E-state index contributed by atoms with van der Waals surface area (Å²) >= 11 is 0. The molecule has 1 heterocycles. The minimum atomic E-state index is -0.267. The zero-order chi connectivity index (χ0) is 11.1. The van der Waals surface area contributed by atoms with Crippen LogP contribution in [-0.2, 0) is 4.74 Å². The zero-order valence-corrected chi connectivity index (χ0v) is 9.91. The molecule has 0 aliphatic carbocycles. The van der Waals surface area contributed by atoms with Crippen LogP contribution in [0, 0.1) is 0 Å². The molecule has 0 aromatic carbocycles. The van der Waals surface area contributed by atoms with E-state index in [0.717, 1.165) is 39.3 Å². The van der Waals surface area contributed by atoms with E-state index in [2.05, 4.69) is 24.1 Å². The SMILES string of the molecule is CCCNCC(O)CN1CCOCC1C. The van der Waals surface area contributed by atoms with Crippen molar-refractivity contribution in [1.29, 1.82) is 0 Å². The van der Waals surface area contributed by atoms with Gasteiger partial charge in [0, 0.05) is 25.7 Å². The van der Waals surface area contributed by atoms with Crippen LogP contribution >= 0.6 is 0 Å². The summed E-state index contributed by atoms with van der Waals surface area (Å²) < 4.78 is 5.35. The van der Waals surface area contributed by atoms with Gasteiger partial charge >= 0.3 is 0 Å². The second-order valence-corrected chi connectivity index (χ2v) is 4.28. The summed E-state index contributed by atoms with van der Waals surface area (Å²) in [6, 6.07) is 0.430. The molecule has 2 unspecified atom stereocenters. The predicted molar refractivity (Wildman–Crippen MR) is 61.0 cm³/mol. The summed E-state index contributed by atoms with van der Waals surface area (Å²) in [5.41, 5.74) is 0. The fourth-order valence-corrected chi connectivity index (χ4v) is 1.81. The molecule has 1 fully saturated rings. The van der Waals surface area contributed by atoms with Crippen LogP contribution in [0.4, 0.5) is 0 Å². The van der Waals surface area contributed by atoms with Gasteiger partial charge in [0.2, 0.25) is 0 Å². The molecular weight excluding hydrogens is 192 g/mol. The number of hydrogen-bond acceptors (Lipinski definition) is 4. The van der Waals surface area contributed by atoms with E-state index < -0.39 is 0 Å². The molecule has 0 radical (unpaired) electrons. The molecular formula is C11H24N2O2. The Balaban J connectivity index is 2.15. The summed E-state index contributed by atoms with van der Waals surface area (Å²) in [6.45, 7) is 9.21. The van der Waals surface area contributed by atoms with Crippen molar-refractivity contribution in [2.24, 2.45) is 0 Å². The van der Waals surface area contributed by atoms with Crippen molar-refractivity contribution in [2.75, 3.05) is 39.4 Å². The maximum atomic E-state index is 9.80. The van der Waals surface area contributed by atoms with E-state index in [1.807, 2.05) is 0 Å². The van der Waals surface area contributed by atoms with Gasteiger partial charge in [-0.1, -0.05) is 6.92 Å². The number of ether oxygens (including phenoxy) is 1. The first-order valence-electron chi connectivity index (χ1n) is 5.94. The van der Waals surface area contributed by atoms with Crippen LogP contribution in [-0.4, -0.2) is 61.5 Å². The first kappa shape index (κ1) is 12.9. The first-order chi connectivity index (χ1) is 7.24. The second kappa shape index (κ2) is 7.17. The van der Waals surface area contributed by atoms with Crippen LogP contribution < -0.4 is 5.32 Å². The number of nitrogens with one attached hydrogen (secondary N) is 1. The van der Waals surface area contributed by atoms with E-state index in [0.29, 0.717) is 12.6 Å². The topological polar surface area (TPSA) is 44.7 Å². The number of hydrogen-bond donors (Lipinski definition) is 2. The Bertz CT molecular complexity index is 167. The van der Waals surface area contributed by atoms with Crippen molar-refractivity contribution in [3.8, 4) is 0 Å². The summed E-state index contributed by atoms with van der Waals surface area (Å²) in [6.07, 6.45) is 0.845. The van der Waals surface area contributed by atoms with Gasteiger partial charge in [-0.05, 0) is 19.9 Å². The van der Waals surface area contributed by atoms with Gasteiger partial charge in [-0.25, -0.2) is 0 Å². The van der Waals surface area contributed by atoms with Crippen molar-refractivity contribution >= 4 is 0 Å². The average molecular weight is 216 g/mol. The zero-order valence-electron chi connectivity index (χ0n) is 9.91. The number of β-amino-alcohol motifs (C(OH)–C–C–N with tert-alkyl or cyclic N) is 1. The quantitative estimate of drug-likeness (QED) is 0.617. The fraction of sp³-hybridized carbons (Fsp3) is 1.00. The van der Waals surface area contributed by atoms with Gasteiger partial charge in [-0.2, -0.15) is 0 Å². The van der Waals surface area contributed by atoms with Crippen LogP contribution in [0.3, 0.4) is 0 Å². The van der Waals surface area contributed by atoms with Gasteiger partial charge in [0.15, 0.2) is 0 Å². The number of aliphatic hydroxyl groups is 1. The molecule has 2 N–H and O–H groups in total. The fourth-order valence-electron chi connectivity index (χ4n) is 1.81. The van der Waals surface area contributed by atoms with E-state index in [1.165, 1.54) is 0 Å². The van der Waals surface area contributed by atoms with Gasteiger partial charge in [0.1, 0.15) is 0 Å². The molecule has 4 nitrogen and oxygen atoms in total. The van der Waals surface area contributed by atoms with Gasteiger partial charge < -0.3 is 15.2 Å². The van der Waals surface area contributed by atoms with Crippen LogP contribution in [0.1, 0.15) is 20.3 Å². The molecule has 0 amide bonds. The summed E-state index contributed by atoms with van der Waals surface area (Å²) in [7, 11) is 0. The van der Waals surface area contributed by atoms with Crippen molar-refractivity contribution in [2.45, 2.75) is 32.4 Å². The van der Waals surface area contributed by atoms with Gasteiger partial charge in [0.25, 0.3) is 0 Å². The Morgan fingerprint density at radius 3 is 3.07 bits per heavy atom. The number of nitrogens with zero attached hydrogens (tertiary/aromatic N) is 1. The van der Waals surface area contributed by atoms with Crippen LogP contribution in [0.2, 0.25) is 0 Å². The third-order valence-electron chi connectivity index (χ3n) is 2.76. The minimum Gasteiger partial charge on any atom is -0.390 e. The Labute approximate surface area is 92.6 Å². The van der Waals surface area contributed by atoms with E-state index in [4.69, 9.17) is 4.74 Å². The number of morpholine rings is 1. The highest BCUT2D eigenvalue weighted by molar-refractivity contribution is 4.74. The minimum absolute atomic E-state index is 0.267. The first-order valence-corrected chi connectivity index (χ1v) is 5.94. The highest BCUT2D eigenvalue weighted by atomic mass is 16.5. The lowest BCUT2D eigenvalue weighted by Crippen LogP contribution is -2.48. The van der Waals surface area contributed by atoms with Crippen LogP contribution in [0.5, 0.6) is 0 Å². The van der Waals surface area contributed by atoms with Gasteiger partial charge in [-0.3, -0.25) is 4.90 Å². The molecule has 0 aromatic heterocycles. The maximum absolute atomic E-state index is 9.80. The summed E-state index contributed by atoms with van der Waals surface area (Å²) in [5, 5.41) is 13.0. The third-order valence-corrected chi connectivity index (χ3v) is 2.76. The van der Waals surface area contributed by atoms with Crippen molar-refractivity contribution in [1.82, 2.24) is 10.2 Å². The summed E-state index contributed by atoms with van der Waals surface area (Å²) in [4.78, 5) is 2.29. The Kier molecular flexibility index (Phi) is 6.17. The normalized spacial score (nSPS) is 25.4. The molecule has 15 heavy (non-hydrogen) atoms. The smallest absolute Gasteiger partial charge is 0.0791 e. The lowest BCUT2D eigenvalue weighted by molar-refractivity contribution is -0.0195. The monoisotopic (exact) mass is 216 g/mol. The predicted octanol–water partition coefficient (Wildman–Crippen LogP) is 0.0676. The molecule has 1 rings (SSSR count). The molecule has 1 aliphatic heterocycles. The van der Waals surface area contributed by atoms with Gasteiger partial charge in [0.05, 0.1) is 19.3 Å². The Morgan fingerprint density at radius 2 is 2.40 bits per heavy atom. The van der Waals surface area contributed by atoms with Crippen LogP contribution in [0.15, 0.2) is 0 Å². The lowest BCUT2D eigenvalue weighted by atomic mass is 10.2. The molecule has 0 bridgehead atoms. The standard InChI is InChI=1S/C11H24N2O2/c1-3-4-12-7-11(14)8-13-5-6-15-9-10(13)2/h10-12,14H,3-9H2,1-2H3. The van der Waals surface area contributed by atoms with Crippen LogP contribution in [0.25, 0.3) is 0 Å². The lowest BCUT2D eigenvalue weighted by Gasteiger charge is -2.34. The number of aliphatic hydroxyl groups excluding tert-OH is 1. The van der Waals surface area contributed by atoms with E-state index >= 15 is 0 Å². The molecule has 0 saturated carbocycles. The van der Waals surface area contributed by atoms with Crippen molar-refractivity contribution in [3.63, 3.8) is 0 Å². The highest BCUT2D eigenvalue weighted by Crippen LogP contribution is 2.06. The average Bonchev–Trinajstić information content (AvgIpc) is 2.22. The Hall–Kier alpha value is -0.160. The molecule has 4 heteroatoms. The molecule has 0 aromatic rings. The number of rotatable bonds is 6. The van der Waals surface area contributed by atoms with E-state index in [9.17, 15) is 5.11 Å². The van der Waals surface area contributed by atoms with E-state index in [-0.39, 0.29) is 6.10 Å². The highest BCUT2D eigenvalue weighted by Gasteiger charge is 2.20. The maximum Gasteiger partial charge on any atom is 0.0791 e. The molecule has 2 atom stereocenters. The Morgan fingerprint density at radius 1 is 1.60 bits per heavy atom. The third kappa shape index (κ3) is 4.93. The van der Waals surface area contributed by atoms with Crippen molar-refractivity contribution < 1.29 is 9.84 Å². The molecule has 1 aliphatic rings. The van der Waals surface area contributed by atoms with Gasteiger partial charge in [-0.15, -0.1) is 0 Å². The summed E-state index contributed by atoms with van der Waals surface area (Å²) in [5.74, 6) is 0.